The van der Waals surface area contributed by atoms with Gasteiger partial charge >= 0.3 is 5.97 Å². The van der Waals surface area contributed by atoms with Crippen molar-refractivity contribution in [1.29, 1.82) is 0 Å². The van der Waals surface area contributed by atoms with Crippen LogP contribution in [0.15, 0.2) is 30.3 Å². The van der Waals surface area contributed by atoms with Gasteiger partial charge in [-0.05, 0) is 51.6 Å². The SMILES string of the molecule is CCOC(=O)[C@]1(c2ccccc2)C[C@@H](C)N(C)[C@H]2CCCC[C@@H]21. The third-order valence-corrected chi connectivity index (χ3v) is 6.13. The quantitative estimate of drug-likeness (QED) is 0.795. The van der Waals surface area contributed by atoms with Crippen LogP contribution in [0.2, 0.25) is 0 Å². The highest BCUT2D eigenvalue weighted by atomic mass is 16.5. The molecular weight excluding hydrogens is 286 g/mol. The Hall–Kier alpha value is -1.35. The van der Waals surface area contributed by atoms with Gasteiger partial charge in [0.05, 0.1) is 12.0 Å². The maximum Gasteiger partial charge on any atom is 0.316 e. The molecule has 0 spiro atoms. The van der Waals surface area contributed by atoms with Crippen LogP contribution in [-0.4, -0.2) is 36.6 Å². The van der Waals surface area contributed by atoms with Gasteiger partial charge in [-0.2, -0.15) is 0 Å². The molecule has 126 valence electrons. The summed E-state index contributed by atoms with van der Waals surface area (Å²) in [4.78, 5) is 15.7. The number of ether oxygens (including phenoxy) is 1. The number of carbonyl (C=O) groups is 1. The van der Waals surface area contributed by atoms with Gasteiger partial charge in [0, 0.05) is 12.1 Å². The van der Waals surface area contributed by atoms with Crippen molar-refractivity contribution in [3.05, 3.63) is 35.9 Å². The average molecular weight is 315 g/mol. The molecule has 1 saturated heterocycles. The van der Waals surface area contributed by atoms with E-state index >= 15 is 0 Å². The number of likely N-dealkylation sites (tertiary alicyclic amines) is 1. The molecule has 0 radical (unpaired) electrons. The lowest BCUT2D eigenvalue weighted by Crippen LogP contribution is -2.62. The van der Waals surface area contributed by atoms with E-state index in [-0.39, 0.29) is 5.97 Å². The van der Waals surface area contributed by atoms with Gasteiger partial charge in [-0.1, -0.05) is 43.2 Å². The molecule has 1 aromatic carbocycles. The van der Waals surface area contributed by atoms with E-state index in [0.717, 1.165) is 18.4 Å². The second kappa shape index (κ2) is 6.64. The summed E-state index contributed by atoms with van der Waals surface area (Å²) in [6.45, 7) is 4.62. The van der Waals surface area contributed by atoms with Crippen LogP contribution in [0.25, 0.3) is 0 Å². The molecule has 0 unspecified atom stereocenters. The van der Waals surface area contributed by atoms with Crippen LogP contribution in [0.1, 0.15) is 51.5 Å². The molecule has 0 bridgehead atoms. The van der Waals surface area contributed by atoms with Crippen LogP contribution in [0, 0.1) is 5.92 Å². The minimum atomic E-state index is -0.478. The third-order valence-electron chi connectivity index (χ3n) is 6.13. The van der Waals surface area contributed by atoms with E-state index in [1.54, 1.807) is 0 Å². The van der Waals surface area contributed by atoms with E-state index in [4.69, 9.17) is 4.74 Å². The van der Waals surface area contributed by atoms with E-state index in [1.807, 2.05) is 13.0 Å². The van der Waals surface area contributed by atoms with Crippen molar-refractivity contribution >= 4 is 5.97 Å². The van der Waals surface area contributed by atoms with Crippen molar-refractivity contribution in [3.63, 3.8) is 0 Å². The molecule has 0 N–H and O–H groups in total. The summed E-state index contributed by atoms with van der Waals surface area (Å²) < 4.78 is 5.61. The molecule has 1 aliphatic heterocycles. The molecule has 0 aromatic heterocycles. The number of rotatable bonds is 3. The van der Waals surface area contributed by atoms with Gasteiger partial charge in [-0.25, -0.2) is 0 Å². The molecule has 3 heteroatoms. The molecule has 23 heavy (non-hydrogen) atoms. The van der Waals surface area contributed by atoms with E-state index in [2.05, 4.69) is 43.1 Å². The van der Waals surface area contributed by atoms with Gasteiger partial charge in [-0.15, -0.1) is 0 Å². The zero-order chi connectivity index (χ0) is 16.4. The van der Waals surface area contributed by atoms with Gasteiger partial charge in [0.2, 0.25) is 0 Å². The zero-order valence-corrected chi connectivity index (χ0v) is 14.6. The smallest absolute Gasteiger partial charge is 0.316 e. The number of esters is 1. The van der Waals surface area contributed by atoms with Crippen LogP contribution >= 0.6 is 0 Å². The Morgan fingerprint density at radius 2 is 1.96 bits per heavy atom. The summed E-state index contributed by atoms with van der Waals surface area (Å²) in [5, 5.41) is 0. The maximum absolute atomic E-state index is 13.2. The average Bonchev–Trinajstić information content (AvgIpc) is 2.59. The molecule has 2 fully saturated rings. The Morgan fingerprint density at radius 3 is 2.65 bits per heavy atom. The van der Waals surface area contributed by atoms with Crippen molar-refractivity contribution in [3.8, 4) is 0 Å². The normalized spacial score (nSPS) is 34.7. The predicted octanol–water partition coefficient (Wildman–Crippen LogP) is 3.77. The molecule has 1 heterocycles. The van der Waals surface area contributed by atoms with E-state index in [1.165, 1.54) is 19.3 Å². The Bertz CT molecular complexity index is 544. The largest absolute Gasteiger partial charge is 0.465 e. The fourth-order valence-electron chi connectivity index (χ4n) is 4.94. The van der Waals surface area contributed by atoms with Gasteiger partial charge < -0.3 is 9.64 Å². The first-order chi connectivity index (χ1) is 11.1. The van der Waals surface area contributed by atoms with E-state index in [0.29, 0.717) is 24.6 Å². The Kier molecular flexibility index (Phi) is 4.77. The van der Waals surface area contributed by atoms with Gasteiger partial charge in [0.25, 0.3) is 0 Å². The highest BCUT2D eigenvalue weighted by Gasteiger charge is 2.56. The maximum atomic E-state index is 13.2. The van der Waals surface area contributed by atoms with Gasteiger partial charge in [-0.3, -0.25) is 4.79 Å². The van der Waals surface area contributed by atoms with Crippen molar-refractivity contribution in [2.45, 2.75) is 63.5 Å². The summed E-state index contributed by atoms with van der Waals surface area (Å²) in [7, 11) is 2.23. The number of hydrogen-bond donors (Lipinski definition) is 0. The second-order valence-electron chi connectivity index (χ2n) is 7.23. The molecule has 1 saturated carbocycles. The number of carbonyl (C=O) groups excluding carboxylic acids is 1. The molecule has 4 atom stereocenters. The van der Waals surface area contributed by atoms with Crippen LogP contribution < -0.4 is 0 Å². The Labute approximate surface area is 140 Å². The first-order valence-corrected chi connectivity index (χ1v) is 9.06. The number of nitrogens with zero attached hydrogens (tertiary/aromatic N) is 1. The molecule has 0 amide bonds. The topological polar surface area (TPSA) is 29.5 Å². The van der Waals surface area contributed by atoms with Crippen molar-refractivity contribution in [2.24, 2.45) is 5.92 Å². The fraction of sp³-hybridized carbons (Fsp3) is 0.650. The minimum absolute atomic E-state index is 0.0111. The summed E-state index contributed by atoms with van der Waals surface area (Å²) in [5.74, 6) is 0.349. The predicted molar refractivity (Wildman–Crippen MR) is 92.3 cm³/mol. The lowest BCUT2D eigenvalue weighted by molar-refractivity contribution is -0.160. The number of benzene rings is 1. The molecule has 1 aromatic rings. The van der Waals surface area contributed by atoms with Crippen molar-refractivity contribution < 1.29 is 9.53 Å². The lowest BCUT2D eigenvalue weighted by Gasteiger charge is -2.55. The number of piperidine rings is 1. The Balaban J connectivity index is 2.11. The fourth-order valence-corrected chi connectivity index (χ4v) is 4.94. The zero-order valence-electron chi connectivity index (χ0n) is 14.6. The van der Waals surface area contributed by atoms with Gasteiger partial charge in [0.1, 0.15) is 0 Å². The summed E-state index contributed by atoms with van der Waals surface area (Å²) in [6, 6.07) is 11.3. The summed E-state index contributed by atoms with van der Waals surface area (Å²) >= 11 is 0. The minimum Gasteiger partial charge on any atom is -0.465 e. The van der Waals surface area contributed by atoms with Crippen molar-refractivity contribution in [1.82, 2.24) is 4.90 Å². The molecule has 3 nitrogen and oxygen atoms in total. The van der Waals surface area contributed by atoms with Crippen LogP contribution in [0.5, 0.6) is 0 Å². The highest BCUT2D eigenvalue weighted by Crippen LogP contribution is 2.50. The molecule has 3 rings (SSSR count). The summed E-state index contributed by atoms with van der Waals surface area (Å²) in [5.41, 5.74) is 0.671. The highest BCUT2D eigenvalue weighted by molar-refractivity contribution is 5.84. The van der Waals surface area contributed by atoms with Gasteiger partial charge in [0.15, 0.2) is 0 Å². The number of fused-ring (bicyclic) bond motifs is 1. The molecular formula is C20H29NO2. The summed E-state index contributed by atoms with van der Waals surface area (Å²) in [6.07, 6.45) is 5.66. The van der Waals surface area contributed by atoms with Crippen LogP contribution in [-0.2, 0) is 14.9 Å². The molecule has 2 aliphatic rings. The van der Waals surface area contributed by atoms with E-state index in [9.17, 15) is 4.79 Å². The van der Waals surface area contributed by atoms with Crippen molar-refractivity contribution in [2.75, 3.05) is 13.7 Å². The van der Waals surface area contributed by atoms with Crippen LogP contribution in [0.3, 0.4) is 0 Å². The number of hydrogen-bond acceptors (Lipinski definition) is 3. The third kappa shape index (κ3) is 2.69. The standard InChI is InChI=1S/C20H29NO2/c1-4-23-19(22)20(16-10-6-5-7-11-16)14-15(2)21(3)18-13-9-8-12-17(18)20/h5-7,10-11,15,17-18H,4,8-9,12-14H2,1-3H3/t15-,17+,18+,20+/m1/s1. The monoisotopic (exact) mass is 315 g/mol. The van der Waals surface area contributed by atoms with E-state index < -0.39 is 5.41 Å². The second-order valence-corrected chi connectivity index (χ2v) is 7.23. The molecule has 1 aliphatic carbocycles. The lowest BCUT2D eigenvalue weighted by atomic mass is 9.57. The first kappa shape index (κ1) is 16.5. The Morgan fingerprint density at radius 1 is 1.26 bits per heavy atom. The first-order valence-electron chi connectivity index (χ1n) is 9.06. The van der Waals surface area contributed by atoms with Crippen LogP contribution in [0.4, 0.5) is 0 Å².